The van der Waals surface area contributed by atoms with Crippen molar-refractivity contribution in [1.82, 2.24) is 10.0 Å². The fourth-order valence-electron chi connectivity index (χ4n) is 2.89. The van der Waals surface area contributed by atoms with Gasteiger partial charge in [-0.15, -0.1) is 0 Å². The molecule has 0 aliphatic heterocycles. The third kappa shape index (κ3) is 5.74. The number of amides is 3. The van der Waals surface area contributed by atoms with Crippen LogP contribution >= 0.6 is 0 Å². The molecule has 0 spiro atoms. The summed E-state index contributed by atoms with van der Waals surface area (Å²) in [5.41, 5.74) is 1.26. The number of hydrogen-bond donors (Lipinski definition) is 4. The lowest BCUT2D eigenvalue weighted by Crippen LogP contribution is -2.30. The van der Waals surface area contributed by atoms with Gasteiger partial charge in [-0.2, -0.15) is 0 Å². The molecule has 0 saturated heterocycles. The maximum Gasteiger partial charge on any atom is 0.319 e. The monoisotopic (exact) mass is 454 g/mol. The minimum absolute atomic E-state index is 0.0167. The maximum atomic E-state index is 12.6. The Morgan fingerprint density at radius 1 is 0.938 bits per heavy atom. The number of furan rings is 1. The summed E-state index contributed by atoms with van der Waals surface area (Å²) in [6.45, 7) is 0.0188. The second kappa shape index (κ2) is 9.25. The third-order valence-electron chi connectivity index (χ3n) is 4.74. The summed E-state index contributed by atoms with van der Waals surface area (Å²) in [7, 11) is -3.79. The summed E-state index contributed by atoms with van der Waals surface area (Å²) >= 11 is 0. The van der Waals surface area contributed by atoms with E-state index in [1.54, 1.807) is 48.5 Å². The number of sulfonamides is 1. The van der Waals surface area contributed by atoms with Gasteiger partial charge in [-0.3, -0.25) is 4.79 Å². The number of nitrogens with one attached hydrogen (secondary N) is 4. The molecule has 1 aliphatic rings. The largest absolute Gasteiger partial charge is 0.468 e. The lowest BCUT2D eigenvalue weighted by Gasteiger charge is -2.10. The molecule has 1 aromatic heterocycles. The van der Waals surface area contributed by atoms with Crippen molar-refractivity contribution in [1.29, 1.82) is 0 Å². The molecule has 0 unspecified atom stereocenters. The first-order valence-corrected chi connectivity index (χ1v) is 11.5. The van der Waals surface area contributed by atoms with Crippen LogP contribution < -0.4 is 20.7 Å². The smallest absolute Gasteiger partial charge is 0.319 e. The van der Waals surface area contributed by atoms with Gasteiger partial charge in [0.05, 0.1) is 17.7 Å². The molecule has 1 aliphatic carbocycles. The Morgan fingerprint density at radius 3 is 2.41 bits per heavy atom. The van der Waals surface area contributed by atoms with Gasteiger partial charge in [0.15, 0.2) is 0 Å². The van der Waals surface area contributed by atoms with E-state index in [0.717, 1.165) is 12.8 Å². The molecule has 4 rings (SSSR count). The molecule has 0 radical (unpaired) electrons. The van der Waals surface area contributed by atoms with Crippen LogP contribution in [0.2, 0.25) is 0 Å². The van der Waals surface area contributed by atoms with Crippen molar-refractivity contribution < 1.29 is 22.4 Å². The molecule has 4 N–H and O–H groups in total. The van der Waals surface area contributed by atoms with Gasteiger partial charge in [-0.05, 0) is 67.4 Å². The molecule has 10 heteroatoms. The van der Waals surface area contributed by atoms with E-state index < -0.39 is 15.9 Å². The van der Waals surface area contributed by atoms with Gasteiger partial charge >= 0.3 is 6.03 Å². The fraction of sp³-hybridized carbons (Fsp3) is 0.182. The van der Waals surface area contributed by atoms with Gasteiger partial charge in [0.25, 0.3) is 5.91 Å². The summed E-state index contributed by atoms with van der Waals surface area (Å²) in [5, 5.41) is 8.22. The molecule has 1 saturated carbocycles. The van der Waals surface area contributed by atoms with Crippen molar-refractivity contribution in [3.8, 4) is 0 Å². The van der Waals surface area contributed by atoms with Crippen molar-refractivity contribution in [2.75, 3.05) is 10.6 Å². The Kier molecular flexibility index (Phi) is 6.24. The summed E-state index contributed by atoms with van der Waals surface area (Å²) in [4.78, 5) is 24.4. The first-order valence-electron chi connectivity index (χ1n) is 10.0. The molecule has 166 valence electrons. The van der Waals surface area contributed by atoms with E-state index in [0.29, 0.717) is 22.7 Å². The summed E-state index contributed by atoms with van der Waals surface area (Å²) < 4.78 is 32.6. The molecule has 1 fully saturated rings. The van der Waals surface area contributed by atoms with Crippen LogP contribution in [-0.2, 0) is 16.6 Å². The maximum absolute atomic E-state index is 12.6. The molecule has 0 bridgehead atoms. The van der Waals surface area contributed by atoms with Crippen LogP contribution in [0.5, 0.6) is 0 Å². The normalized spacial score (nSPS) is 13.4. The van der Waals surface area contributed by atoms with E-state index in [9.17, 15) is 18.0 Å². The lowest BCUT2D eigenvalue weighted by molar-refractivity contribution is 0.102. The minimum atomic E-state index is -3.79. The number of rotatable bonds is 8. The van der Waals surface area contributed by atoms with Gasteiger partial charge in [0.2, 0.25) is 10.0 Å². The van der Waals surface area contributed by atoms with E-state index in [2.05, 4.69) is 20.7 Å². The summed E-state index contributed by atoms with van der Waals surface area (Å²) in [5.74, 6) is 0.0815. The Labute approximate surface area is 185 Å². The summed E-state index contributed by atoms with van der Waals surface area (Å²) in [6, 6.07) is 15.7. The van der Waals surface area contributed by atoms with Crippen molar-refractivity contribution in [2.24, 2.45) is 0 Å². The predicted molar refractivity (Wildman–Crippen MR) is 119 cm³/mol. The topological polar surface area (TPSA) is 130 Å². The number of urea groups is 1. The zero-order valence-corrected chi connectivity index (χ0v) is 17.8. The standard InChI is InChI=1S/C22H22N4O5S/c27-21(15-6-8-16(9-7-15)25-22(28)26-17-10-11-17)24-18-3-1-5-20(13-18)32(29,30)23-14-19-4-2-12-31-19/h1-9,12-13,17,23H,10-11,14H2,(H,24,27)(H2,25,26,28). The number of hydrogen-bond acceptors (Lipinski definition) is 5. The molecule has 2 aromatic carbocycles. The zero-order valence-electron chi connectivity index (χ0n) is 17.0. The first kappa shape index (κ1) is 21.6. The summed E-state index contributed by atoms with van der Waals surface area (Å²) in [6.07, 6.45) is 3.45. The molecule has 3 amide bonds. The van der Waals surface area contributed by atoms with Crippen molar-refractivity contribution in [3.63, 3.8) is 0 Å². The van der Waals surface area contributed by atoms with E-state index in [4.69, 9.17) is 4.42 Å². The van der Waals surface area contributed by atoms with Gasteiger partial charge in [-0.1, -0.05) is 6.07 Å². The number of carbonyl (C=O) groups excluding carboxylic acids is 2. The van der Waals surface area contributed by atoms with Crippen LogP contribution in [0, 0.1) is 0 Å². The van der Waals surface area contributed by atoms with Crippen LogP contribution in [0.1, 0.15) is 29.0 Å². The molecular formula is C22H22N4O5S. The van der Waals surface area contributed by atoms with Crippen LogP contribution in [0.15, 0.2) is 76.2 Å². The number of benzene rings is 2. The van der Waals surface area contributed by atoms with E-state index in [1.807, 2.05) is 0 Å². The fourth-order valence-corrected chi connectivity index (χ4v) is 3.93. The van der Waals surface area contributed by atoms with Crippen molar-refractivity contribution >= 4 is 33.3 Å². The van der Waals surface area contributed by atoms with Crippen molar-refractivity contribution in [2.45, 2.75) is 30.3 Å². The lowest BCUT2D eigenvalue weighted by atomic mass is 10.2. The molecule has 3 aromatic rings. The average molecular weight is 455 g/mol. The van der Waals surface area contributed by atoms with Gasteiger partial charge in [0.1, 0.15) is 5.76 Å². The van der Waals surface area contributed by atoms with Gasteiger partial charge in [0, 0.05) is 23.0 Å². The van der Waals surface area contributed by atoms with Crippen LogP contribution in [0.4, 0.5) is 16.2 Å². The van der Waals surface area contributed by atoms with Crippen LogP contribution in [0.3, 0.4) is 0 Å². The van der Waals surface area contributed by atoms with E-state index in [-0.39, 0.29) is 23.5 Å². The quantitative estimate of drug-likeness (QED) is 0.415. The Morgan fingerprint density at radius 2 is 1.72 bits per heavy atom. The van der Waals surface area contributed by atoms with Crippen molar-refractivity contribution in [3.05, 3.63) is 78.3 Å². The SMILES string of the molecule is O=C(Nc1ccc(C(=O)Nc2cccc(S(=O)(=O)NCc3ccco3)c2)cc1)NC1CC1. The van der Waals surface area contributed by atoms with Crippen LogP contribution in [-0.4, -0.2) is 26.4 Å². The highest BCUT2D eigenvalue weighted by Crippen LogP contribution is 2.20. The molecule has 9 nitrogen and oxygen atoms in total. The van der Waals surface area contributed by atoms with Gasteiger partial charge in [-0.25, -0.2) is 17.9 Å². The highest BCUT2D eigenvalue weighted by Gasteiger charge is 2.23. The zero-order chi connectivity index (χ0) is 22.6. The Hall–Kier alpha value is -3.63. The first-order chi connectivity index (χ1) is 15.4. The highest BCUT2D eigenvalue weighted by atomic mass is 32.2. The molecular weight excluding hydrogens is 432 g/mol. The van der Waals surface area contributed by atoms with Crippen LogP contribution in [0.25, 0.3) is 0 Å². The van der Waals surface area contributed by atoms with E-state index >= 15 is 0 Å². The van der Waals surface area contributed by atoms with E-state index in [1.165, 1.54) is 18.4 Å². The second-order valence-electron chi connectivity index (χ2n) is 7.34. The predicted octanol–water partition coefficient (Wildman–Crippen LogP) is 3.29. The molecule has 0 atom stereocenters. The number of carbonyl (C=O) groups is 2. The Balaban J connectivity index is 1.37. The Bertz CT molecular complexity index is 1200. The van der Waals surface area contributed by atoms with Gasteiger partial charge < -0.3 is 20.4 Å². The average Bonchev–Trinajstić information content (AvgIpc) is 3.42. The molecule has 1 heterocycles. The number of anilines is 2. The highest BCUT2D eigenvalue weighted by molar-refractivity contribution is 7.89. The third-order valence-corrected chi connectivity index (χ3v) is 6.14. The minimum Gasteiger partial charge on any atom is -0.468 e. The second-order valence-corrected chi connectivity index (χ2v) is 9.10. The molecule has 32 heavy (non-hydrogen) atoms.